The molecule has 0 saturated heterocycles. The summed E-state index contributed by atoms with van der Waals surface area (Å²) < 4.78 is 7.15. The minimum absolute atomic E-state index is 0.0225. The standard InChI is InChI=1S/C23H23BrN4O2/c24-17-9-7-15(8-10-17)14-30-21-6-3-5-20(21)28-23(29)18-12-16(13-27-22(18)25)19-4-1-2-11-26-19/h1-2,4,7-13,20-21H,3,5-6,14H2,(H2,25,27)(H,28,29)/t20-,21-/m0/s1. The van der Waals surface area contributed by atoms with Gasteiger partial charge in [0.2, 0.25) is 0 Å². The second-order valence-corrected chi connectivity index (χ2v) is 8.27. The molecule has 0 radical (unpaired) electrons. The minimum Gasteiger partial charge on any atom is -0.383 e. The van der Waals surface area contributed by atoms with Gasteiger partial charge in [-0.1, -0.05) is 34.1 Å². The first-order valence-electron chi connectivity index (χ1n) is 9.94. The molecule has 3 aromatic rings. The van der Waals surface area contributed by atoms with E-state index in [1.807, 2.05) is 42.5 Å². The Morgan fingerprint density at radius 3 is 2.77 bits per heavy atom. The van der Waals surface area contributed by atoms with Gasteiger partial charge in [0.15, 0.2) is 0 Å². The first kappa shape index (κ1) is 20.5. The van der Waals surface area contributed by atoms with Crippen LogP contribution in [0.25, 0.3) is 11.3 Å². The second kappa shape index (κ2) is 9.36. The Labute approximate surface area is 184 Å². The van der Waals surface area contributed by atoms with Crippen LogP contribution in [0.5, 0.6) is 0 Å². The molecule has 0 bridgehead atoms. The molecule has 30 heavy (non-hydrogen) atoms. The number of pyridine rings is 2. The summed E-state index contributed by atoms with van der Waals surface area (Å²) in [4.78, 5) is 21.5. The van der Waals surface area contributed by atoms with Crippen molar-refractivity contribution in [1.29, 1.82) is 0 Å². The highest BCUT2D eigenvalue weighted by atomic mass is 79.9. The van der Waals surface area contributed by atoms with Crippen LogP contribution in [0.4, 0.5) is 5.82 Å². The number of nitrogens with two attached hydrogens (primary N) is 1. The summed E-state index contributed by atoms with van der Waals surface area (Å²) in [6, 6.07) is 15.4. The molecule has 0 aliphatic heterocycles. The molecule has 2 heterocycles. The van der Waals surface area contributed by atoms with Crippen LogP contribution in [0, 0.1) is 0 Å². The number of rotatable bonds is 6. The molecule has 0 spiro atoms. The molecule has 1 amide bonds. The molecule has 1 saturated carbocycles. The number of hydrogen-bond donors (Lipinski definition) is 2. The fourth-order valence-electron chi connectivity index (χ4n) is 3.65. The van der Waals surface area contributed by atoms with Crippen LogP contribution in [0.15, 0.2) is 65.4 Å². The molecule has 1 aliphatic rings. The van der Waals surface area contributed by atoms with Crippen molar-refractivity contribution in [3.63, 3.8) is 0 Å². The Morgan fingerprint density at radius 1 is 1.17 bits per heavy atom. The molecule has 154 valence electrons. The number of ether oxygens (including phenoxy) is 1. The van der Waals surface area contributed by atoms with Crippen molar-refractivity contribution in [3.05, 3.63) is 76.5 Å². The van der Waals surface area contributed by atoms with Gasteiger partial charge in [-0.3, -0.25) is 9.78 Å². The minimum atomic E-state index is -0.234. The zero-order valence-electron chi connectivity index (χ0n) is 16.4. The van der Waals surface area contributed by atoms with E-state index >= 15 is 0 Å². The topological polar surface area (TPSA) is 90.1 Å². The molecular formula is C23H23BrN4O2. The predicted molar refractivity (Wildman–Crippen MR) is 120 cm³/mol. The third kappa shape index (κ3) is 4.86. The maximum absolute atomic E-state index is 13.0. The molecule has 7 heteroatoms. The number of nitrogen functional groups attached to an aromatic ring is 1. The number of benzene rings is 1. The summed E-state index contributed by atoms with van der Waals surface area (Å²) in [6.45, 7) is 0.517. The van der Waals surface area contributed by atoms with Crippen molar-refractivity contribution in [3.8, 4) is 11.3 Å². The van der Waals surface area contributed by atoms with Crippen LogP contribution in [0.1, 0.15) is 35.2 Å². The Balaban J connectivity index is 1.43. The first-order chi connectivity index (χ1) is 14.6. The Hall–Kier alpha value is -2.77. The number of aromatic nitrogens is 2. The lowest BCUT2D eigenvalue weighted by atomic mass is 10.1. The number of amides is 1. The molecule has 1 aromatic carbocycles. The zero-order chi connectivity index (χ0) is 20.9. The summed E-state index contributed by atoms with van der Waals surface area (Å²) in [6.07, 6.45) is 6.13. The zero-order valence-corrected chi connectivity index (χ0v) is 18.0. The van der Waals surface area contributed by atoms with Gasteiger partial charge in [0, 0.05) is 22.4 Å². The fourth-order valence-corrected chi connectivity index (χ4v) is 3.92. The van der Waals surface area contributed by atoms with Gasteiger partial charge in [-0.15, -0.1) is 0 Å². The summed E-state index contributed by atoms with van der Waals surface area (Å²) in [5, 5.41) is 3.10. The Kier molecular flexibility index (Phi) is 6.40. The van der Waals surface area contributed by atoms with Gasteiger partial charge in [0.1, 0.15) is 5.82 Å². The molecule has 2 atom stereocenters. The highest BCUT2D eigenvalue weighted by Crippen LogP contribution is 2.25. The van der Waals surface area contributed by atoms with Gasteiger partial charge < -0.3 is 15.8 Å². The van der Waals surface area contributed by atoms with Crippen LogP contribution in [-0.4, -0.2) is 28.0 Å². The van der Waals surface area contributed by atoms with E-state index in [9.17, 15) is 4.79 Å². The van der Waals surface area contributed by atoms with Crippen molar-refractivity contribution >= 4 is 27.7 Å². The first-order valence-corrected chi connectivity index (χ1v) is 10.7. The number of nitrogens with one attached hydrogen (secondary N) is 1. The van der Waals surface area contributed by atoms with Crippen molar-refractivity contribution in [2.75, 3.05) is 5.73 Å². The van der Waals surface area contributed by atoms with E-state index in [4.69, 9.17) is 10.5 Å². The molecule has 6 nitrogen and oxygen atoms in total. The lowest BCUT2D eigenvalue weighted by Crippen LogP contribution is -2.41. The van der Waals surface area contributed by atoms with E-state index in [0.29, 0.717) is 12.2 Å². The molecule has 3 N–H and O–H groups in total. The number of carbonyl (C=O) groups excluding carboxylic acids is 1. The molecule has 2 aromatic heterocycles. The van der Waals surface area contributed by atoms with Crippen molar-refractivity contribution in [2.24, 2.45) is 0 Å². The average Bonchev–Trinajstić information content (AvgIpc) is 3.21. The van der Waals surface area contributed by atoms with Crippen LogP contribution >= 0.6 is 15.9 Å². The summed E-state index contributed by atoms with van der Waals surface area (Å²) in [5.74, 6) is -0.0283. The number of nitrogens with zero attached hydrogens (tertiary/aromatic N) is 2. The Morgan fingerprint density at radius 2 is 2.00 bits per heavy atom. The highest BCUT2D eigenvalue weighted by Gasteiger charge is 2.30. The van der Waals surface area contributed by atoms with Gasteiger partial charge in [0.25, 0.3) is 5.91 Å². The van der Waals surface area contributed by atoms with Crippen LogP contribution in [0.3, 0.4) is 0 Å². The average molecular weight is 467 g/mol. The van der Waals surface area contributed by atoms with Crippen LogP contribution in [-0.2, 0) is 11.3 Å². The Bertz CT molecular complexity index is 1010. The largest absolute Gasteiger partial charge is 0.383 e. The van der Waals surface area contributed by atoms with Gasteiger partial charge in [-0.05, 0) is 55.2 Å². The van der Waals surface area contributed by atoms with E-state index in [-0.39, 0.29) is 23.9 Å². The normalized spacial score (nSPS) is 18.3. The van der Waals surface area contributed by atoms with Crippen molar-refractivity contribution in [2.45, 2.75) is 38.0 Å². The number of anilines is 1. The predicted octanol–water partition coefficient (Wildman–Crippen LogP) is 4.36. The molecule has 0 unspecified atom stereocenters. The molecular weight excluding hydrogens is 444 g/mol. The smallest absolute Gasteiger partial charge is 0.255 e. The quantitative estimate of drug-likeness (QED) is 0.563. The van der Waals surface area contributed by atoms with Crippen LogP contribution in [0.2, 0.25) is 0 Å². The van der Waals surface area contributed by atoms with Crippen molar-refractivity contribution in [1.82, 2.24) is 15.3 Å². The van der Waals surface area contributed by atoms with E-state index < -0.39 is 0 Å². The maximum Gasteiger partial charge on any atom is 0.255 e. The maximum atomic E-state index is 13.0. The molecule has 4 rings (SSSR count). The van der Waals surface area contributed by atoms with E-state index in [1.54, 1.807) is 18.5 Å². The monoisotopic (exact) mass is 466 g/mol. The van der Waals surface area contributed by atoms with Gasteiger partial charge >= 0.3 is 0 Å². The number of carbonyl (C=O) groups is 1. The molecule has 1 fully saturated rings. The third-order valence-corrected chi connectivity index (χ3v) is 5.80. The lowest BCUT2D eigenvalue weighted by molar-refractivity contribution is 0.0272. The van der Waals surface area contributed by atoms with E-state index in [0.717, 1.165) is 40.6 Å². The summed E-state index contributed by atoms with van der Waals surface area (Å²) >= 11 is 3.44. The lowest BCUT2D eigenvalue weighted by Gasteiger charge is -2.22. The van der Waals surface area contributed by atoms with Crippen LogP contribution < -0.4 is 11.1 Å². The van der Waals surface area contributed by atoms with Gasteiger partial charge in [-0.2, -0.15) is 0 Å². The summed E-state index contributed by atoms with van der Waals surface area (Å²) in [5.41, 5.74) is 8.96. The van der Waals surface area contributed by atoms with E-state index in [2.05, 4.69) is 31.2 Å². The van der Waals surface area contributed by atoms with Crippen molar-refractivity contribution < 1.29 is 9.53 Å². The SMILES string of the molecule is Nc1ncc(-c2ccccn2)cc1C(=O)N[C@H]1CCC[C@@H]1OCc1ccc(Br)cc1. The van der Waals surface area contributed by atoms with E-state index in [1.165, 1.54) is 0 Å². The van der Waals surface area contributed by atoms with Gasteiger partial charge in [-0.25, -0.2) is 4.98 Å². The number of hydrogen-bond acceptors (Lipinski definition) is 5. The molecule has 1 aliphatic carbocycles. The highest BCUT2D eigenvalue weighted by molar-refractivity contribution is 9.10. The third-order valence-electron chi connectivity index (χ3n) is 5.27. The number of halogens is 1. The van der Waals surface area contributed by atoms with Gasteiger partial charge in [0.05, 0.1) is 30.0 Å². The summed E-state index contributed by atoms with van der Waals surface area (Å²) in [7, 11) is 0. The second-order valence-electron chi connectivity index (χ2n) is 7.36. The fraction of sp³-hybridized carbons (Fsp3) is 0.261.